The molecule has 1 fully saturated rings. The molecule has 0 bridgehead atoms. The van der Waals surface area contributed by atoms with Crippen molar-refractivity contribution in [2.24, 2.45) is 0 Å². The van der Waals surface area contributed by atoms with Gasteiger partial charge in [-0.05, 0) is 25.1 Å². The number of rotatable bonds is 5. The van der Waals surface area contributed by atoms with Gasteiger partial charge < -0.3 is 20.1 Å². The van der Waals surface area contributed by atoms with E-state index < -0.39 is 46.9 Å². The van der Waals surface area contributed by atoms with E-state index in [0.717, 1.165) is 10.1 Å². The first-order valence-corrected chi connectivity index (χ1v) is 9.52. The van der Waals surface area contributed by atoms with Gasteiger partial charge in [-0.15, -0.1) is 0 Å². The molecule has 1 aliphatic rings. The van der Waals surface area contributed by atoms with Gasteiger partial charge in [0.15, 0.2) is 6.23 Å². The molecular formula is C16H19N3O7S. The van der Waals surface area contributed by atoms with Crippen LogP contribution >= 0.6 is 0 Å². The molecule has 0 spiro atoms. The summed E-state index contributed by atoms with van der Waals surface area (Å²) in [7, 11) is -3.93. The average molecular weight is 397 g/mol. The molecule has 4 atom stereocenters. The first kappa shape index (κ1) is 19.5. The number of sulfonamides is 1. The summed E-state index contributed by atoms with van der Waals surface area (Å²) in [5.74, 6) is -0.205. The molecule has 1 aromatic carbocycles. The van der Waals surface area contributed by atoms with Crippen LogP contribution in [-0.2, 0) is 14.8 Å². The molecule has 0 unspecified atom stereocenters. The predicted molar refractivity (Wildman–Crippen MR) is 93.5 cm³/mol. The number of hydrogen-bond donors (Lipinski definition) is 4. The Labute approximate surface area is 154 Å². The summed E-state index contributed by atoms with van der Waals surface area (Å²) in [6, 6.07) is 7.36. The van der Waals surface area contributed by atoms with Gasteiger partial charge in [-0.25, -0.2) is 13.2 Å². The summed E-state index contributed by atoms with van der Waals surface area (Å²) in [5.41, 5.74) is 0.00195. The maximum atomic E-state index is 12.4. The van der Waals surface area contributed by atoms with Crippen molar-refractivity contribution in [3.05, 3.63) is 52.6 Å². The molecule has 11 heteroatoms. The molecule has 27 heavy (non-hydrogen) atoms. The molecule has 10 nitrogen and oxygen atoms in total. The summed E-state index contributed by atoms with van der Waals surface area (Å²) in [6.45, 7) is 1.29. The largest absolute Gasteiger partial charge is 0.394 e. The molecule has 1 aliphatic heterocycles. The molecule has 2 aromatic rings. The number of aryl methyl sites for hydroxylation is 1. The SMILES string of the molecule is Cc1ccc(S(=O)(=O)Nc2ccn([C@@H]3O[C@H](CO)[C@@H](O)[C@H]3O)c(=O)n2)cc1. The smallest absolute Gasteiger partial charge is 0.351 e. The summed E-state index contributed by atoms with van der Waals surface area (Å²) >= 11 is 0. The number of aliphatic hydroxyl groups is 3. The highest BCUT2D eigenvalue weighted by Gasteiger charge is 2.43. The van der Waals surface area contributed by atoms with Crippen molar-refractivity contribution in [2.75, 3.05) is 11.3 Å². The van der Waals surface area contributed by atoms with Crippen LogP contribution < -0.4 is 10.4 Å². The summed E-state index contributed by atoms with van der Waals surface area (Å²) < 4.78 is 33.1. The van der Waals surface area contributed by atoms with Crippen molar-refractivity contribution in [1.29, 1.82) is 0 Å². The van der Waals surface area contributed by atoms with Crippen molar-refractivity contribution in [1.82, 2.24) is 9.55 Å². The molecule has 0 aliphatic carbocycles. The average Bonchev–Trinajstić information content (AvgIpc) is 2.90. The lowest BCUT2D eigenvalue weighted by Gasteiger charge is -2.17. The highest BCUT2D eigenvalue weighted by atomic mass is 32.2. The van der Waals surface area contributed by atoms with Crippen molar-refractivity contribution in [3.63, 3.8) is 0 Å². The number of aliphatic hydroxyl groups excluding tert-OH is 3. The van der Waals surface area contributed by atoms with E-state index in [0.29, 0.717) is 0 Å². The summed E-state index contributed by atoms with van der Waals surface area (Å²) in [6.07, 6.45) is -3.93. The van der Waals surface area contributed by atoms with Gasteiger partial charge in [0.2, 0.25) is 0 Å². The first-order valence-electron chi connectivity index (χ1n) is 8.04. The van der Waals surface area contributed by atoms with E-state index in [1.54, 1.807) is 12.1 Å². The fraction of sp³-hybridized carbons (Fsp3) is 0.375. The third-order valence-corrected chi connectivity index (χ3v) is 5.56. The fourth-order valence-electron chi connectivity index (χ4n) is 2.69. The molecule has 1 saturated heterocycles. The second kappa shape index (κ2) is 7.37. The number of nitrogens with one attached hydrogen (secondary N) is 1. The van der Waals surface area contributed by atoms with Gasteiger partial charge >= 0.3 is 5.69 Å². The number of benzene rings is 1. The normalized spacial score (nSPS) is 25.5. The molecule has 0 saturated carbocycles. The van der Waals surface area contributed by atoms with Crippen molar-refractivity contribution in [2.45, 2.75) is 36.4 Å². The van der Waals surface area contributed by atoms with Crippen LogP contribution in [0.15, 0.2) is 46.2 Å². The number of ether oxygens (including phenoxy) is 1. The predicted octanol–water partition coefficient (Wildman–Crippen LogP) is -1.04. The van der Waals surface area contributed by atoms with Crippen LogP contribution in [0.4, 0.5) is 5.82 Å². The van der Waals surface area contributed by atoms with Crippen LogP contribution in [0.5, 0.6) is 0 Å². The van der Waals surface area contributed by atoms with Crippen LogP contribution in [0.25, 0.3) is 0 Å². The van der Waals surface area contributed by atoms with Crippen LogP contribution in [0.3, 0.4) is 0 Å². The Morgan fingerprint density at radius 1 is 1.19 bits per heavy atom. The molecule has 0 amide bonds. The zero-order valence-electron chi connectivity index (χ0n) is 14.3. The van der Waals surface area contributed by atoms with Crippen molar-refractivity contribution in [3.8, 4) is 0 Å². The maximum absolute atomic E-state index is 12.4. The van der Waals surface area contributed by atoms with E-state index in [2.05, 4.69) is 9.71 Å². The van der Waals surface area contributed by atoms with E-state index in [-0.39, 0.29) is 10.7 Å². The Kier molecular flexibility index (Phi) is 5.31. The van der Waals surface area contributed by atoms with Crippen LogP contribution in [0.2, 0.25) is 0 Å². The lowest BCUT2D eigenvalue weighted by Crippen LogP contribution is -2.36. The summed E-state index contributed by atoms with van der Waals surface area (Å²) in [5, 5.41) is 28.9. The molecule has 0 radical (unpaired) electrons. The van der Waals surface area contributed by atoms with Crippen LogP contribution in [-0.4, -0.2) is 58.2 Å². The van der Waals surface area contributed by atoms with Crippen molar-refractivity contribution >= 4 is 15.8 Å². The molecular weight excluding hydrogens is 378 g/mol. The monoisotopic (exact) mass is 397 g/mol. The van der Waals surface area contributed by atoms with E-state index in [9.17, 15) is 23.4 Å². The zero-order valence-corrected chi connectivity index (χ0v) is 15.1. The number of nitrogens with zero attached hydrogens (tertiary/aromatic N) is 2. The number of anilines is 1. The van der Waals surface area contributed by atoms with Gasteiger partial charge in [0, 0.05) is 6.20 Å². The van der Waals surface area contributed by atoms with E-state index in [1.165, 1.54) is 24.4 Å². The van der Waals surface area contributed by atoms with Gasteiger partial charge in [-0.3, -0.25) is 9.29 Å². The maximum Gasteiger partial charge on any atom is 0.351 e. The molecule has 4 N–H and O–H groups in total. The van der Waals surface area contributed by atoms with E-state index in [1.807, 2.05) is 6.92 Å². The minimum Gasteiger partial charge on any atom is -0.394 e. The molecule has 1 aromatic heterocycles. The molecule has 3 rings (SSSR count). The Morgan fingerprint density at radius 2 is 1.85 bits per heavy atom. The van der Waals surface area contributed by atoms with Crippen molar-refractivity contribution < 1.29 is 28.5 Å². The number of hydrogen-bond acceptors (Lipinski definition) is 8. The van der Waals surface area contributed by atoms with Gasteiger partial charge in [-0.2, -0.15) is 4.98 Å². The zero-order chi connectivity index (χ0) is 19.8. The van der Waals surface area contributed by atoms with Crippen LogP contribution in [0, 0.1) is 6.92 Å². The fourth-order valence-corrected chi connectivity index (χ4v) is 3.69. The van der Waals surface area contributed by atoms with Gasteiger partial charge in [0.1, 0.15) is 24.1 Å². The van der Waals surface area contributed by atoms with E-state index >= 15 is 0 Å². The highest BCUT2D eigenvalue weighted by Crippen LogP contribution is 2.28. The van der Waals surface area contributed by atoms with Crippen LogP contribution in [0.1, 0.15) is 11.8 Å². The Balaban J connectivity index is 1.83. The third kappa shape index (κ3) is 3.87. The highest BCUT2D eigenvalue weighted by molar-refractivity contribution is 7.92. The Bertz CT molecular complexity index is 974. The lowest BCUT2D eigenvalue weighted by atomic mass is 10.1. The summed E-state index contributed by atoms with van der Waals surface area (Å²) in [4.78, 5) is 15.9. The Hall–Kier alpha value is -2.31. The van der Waals surface area contributed by atoms with E-state index in [4.69, 9.17) is 9.84 Å². The molecule has 146 valence electrons. The quantitative estimate of drug-likeness (QED) is 0.500. The van der Waals surface area contributed by atoms with Gasteiger partial charge in [0.05, 0.1) is 11.5 Å². The first-order chi connectivity index (χ1) is 12.7. The number of aromatic nitrogens is 2. The second-order valence-corrected chi connectivity index (χ2v) is 7.83. The lowest BCUT2D eigenvalue weighted by molar-refractivity contribution is -0.0549. The van der Waals surface area contributed by atoms with Gasteiger partial charge in [-0.1, -0.05) is 17.7 Å². The topological polar surface area (TPSA) is 151 Å². The standard InChI is InChI=1S/C16H19N3O7S/c1-9-2-4-10(5-3-9)27(24,25)18-12-6-7-19(16(23)17-12)15-14(22)13(21)11(8-20)26-15/h2-7,11,13-15,20-22H,8H2,1H3,(H,17,18,23)/t11-,13-,14-,15-/m1/s1. The second-order valence-electron chi connectivity index (χ2n) is 6.15. The minimum absolute atomic E-state index is 0.0162. The minimum atomic E-state index is -3.93. The van der Waals surface area contributed by atoms with Gasteiger partial charge in [0.25, 0.3) is 10.0 Å². The Morgan fingerprint density at radius 3 is 2.41 bits per heavy atom. The third-order valence-electron chi connectivity index (χ3n) is 4.19. The molecule has 2 heterocycles.